The Morgan fingerprint density at radius 1 is 1.21 bits per heavy atom. The van der Waals surface area contributed by atoms with Crippen LogP contribution >= 0.6 is 0 Å². The molecule has 124 valence electrons. The van der Waals surface area contributed by atoms with Gasteiger partial charge in [0.05, 0.1) is 12.8 Å². The number of para-hydroxylation sites is 2. The summed E-state index contributed by atoms with van der Waals surface area (Å²) in [5, 5.41) is 0. The molecular formula is C18H18N2O4. The average molecular weight is 326 g/mol. The fraction of sp³-hybridized carbons (Fsp3) is 0.222. The number of hydrogen-bond donors (Lipinski definition) is 1. The van der Waals surface area contributed by atoms with Gasteiger partial charge in [0, 0.05) is 12.1 Å². The molecule has 6 nitrogen and oxygen atoms in total. The second-order valence-corrected chi connectivity index (χ2v) is 5.52. The molecule has 1 atom stereocenters. The Kier molecular flexibility index (Phi) is 4.37. The highest BCUT2D eigenvalue weighted by Gasteiger charge is 2.35. The van der Waals surface area contributed by atoms with Gasteiger partial charge < -0.3 is 15.2 Å². The molecule has 0 bridgehead atoms. The molecule has 0 saturated carbocycles. The van der Waals surface area contributed by atoms with Gasteiger partial charge in [0.1, 0.15) is 12.3 Å². The van der Waals surface area contributed by atoms with E-state index >= 15 is 0 Å². The first-order valence-electron chi connectivity index (χ1n) is 7.57. The molecule has 2 aromatic carbocycles. The van der Waals surface area contributed by atoms with E-state index in [0.29, 0.717) is 23.5 Å². The van der Waals surface area contributed by atoms with Gasteiger partial charge in [-0.15, -0.1) is 0 Å². The van der Waals surface area contributed by atoms with Crippen LogP contribution in [-0.4, -0.2) is 31.6 Å². The first-order valence-corrected chi connectivity index (χ1v) is 7.57. The van der Waals surface area contributed by atoms with E-state index in [4.69, 9.17) is 15.2 Å². The summed E-state index contributed by atoms with van der Waals surface area (Å²) in [6.45, 7) is -0.145. The molecule has 3 rings (SSSR count). The molecule has 0 fully saturated rings. The normalized spacial score (nSPS) is 16.3. The topological polar surface area (TPSA) is 81.9 Å². The number of rotatable bonds is 4. The van der Waals surface area contributed by atoms with E-state index in [1.54, 1.807) is 30.3 Å². The maximum atomic E-state index is 12.8. The lowest BCUT2D eigenvalue weighted by Gasteiger charge is -2.33. The standard InChI is InChI=1S/C18H18N2O4/c1-23-17(21)11-20-14-4-2-3-5-15(14)24-16(18(20)22)10-12-6-8-13(19)9-7-12/h2-9,16H,10-11,19H2,1H3. The van der Waals surface area contributed by atoms with Crippen molar-refractivity contribution in [2.75, 3.05) is 24.3 Å². The van der Waals surface area contributed by atoms with Gasteiger partial charge in [-0.2, -0.15) is 0 Å². The highest BCUT2D eigenvalue weighted by atomic mass is 16.5. The van der Waals surface area contributed by atoms with Gasteiger partial charge >= 0.3 is 5.97 Å². The first-order chi connectivity index (χ1) is 11.6. The highest BCUT2D eigenvalue weighted by Crippen LogP contribution is 2.34. The molecule has 1 aliphatic heterocycles. The number of carbonyl (C=O) groups excluding carboxylic acids is 2. The van der Waals surface area contributed by atoms with Gasteiger partial charge in [0.15, 0.2) is 6.10 Å². The van der Waals surface area contributed by atoms with Gasteiger partial charge in [-0.3, -0.25) is 14.5 Å². The number of fused-ring (bicyclic) bond motifs is 1. The van der Waals surface area contributed by atoms with Crippen LogP contribution in [0.25, 0.3) is 0 Å². The third-order valence-electron chi connectivity index (χ3n) is 3.88. The van der Waals surface area contributed by atoms with Crippen LogP contribution in [0.5, 0.6) is 5.75 Å². The highest BCUT2D eigenvalue weighted by molar-refractivity contribution is 6.03. The molecule has 1 aliphatic rings. The zero-order chi connectivity index (χ0) is 17.1. The SMILES string of the molecule is COC(=O)CN1C(=O)C(Cc2ccc(N)cc2)Oc2ccccc21. The van der Waals surface area contributed by atoms with Crippen LogP contribution in [0.4, 0.5) is 11.4 Å². The number of hydrogen-bond acceptors (Lipinski definition) is 5. The Bertz CT molecular complexity index is 758. The van der Waals surface area contributed by atoms with E-state index in [2.05, 4.69) is 0 Å². The van der Waals surface area contributed by atoms with Crippen LogP contribution in [-0.2, 0) is 20.7 Å². The van der Waals surface area contributed by atoms with Crippen LogP contribution in [0.3, 0.4) is 0 Å². The Labute approximate surface area is 139 Å². The molecule has 6 heteroatoms. The molecule has 1 unspecified atom stereocenters. The lowest BCUT2D eigenvalue weighted by molar-refractivity contribution is -0.140. The number of nitrogen functional groups attached to an aromatic ring is 1. The molecule has 1 amide bonds. The minimum atomic E-state index is -0.701. The predicted octanol–water partition coefficient (Wildman–Crippen LogP) is 1.78. The van der Waals surface area contributed by atoms with Crippen LogP contribution < -0.4 is 15.4 Å². The number of amides is 1. The quantitative estimate of drug-likeness (QED) is 0.684. The molecule has 1 heterocycles. The summed E-state index contributed by atoms with van der Waals surface area (Å²) >= 11 is 0. The van der Waals surface area contributed by atoms with Crippen molar-refractivity contribution in [1.82, 2.24) is 0 Å². The fourth-order valence-corrected chi connectivity index (χ4v) is 2.63. The van der Waals surface area contributed by atoms with E-state index < -0.39 is 12.1 Å². The summed E-state index contributed by atoms with van der Waals surface area (Å²) < 4.78 is 10.5. The van der Waals surface area contributed by atoms with Crippen molar-refractivity contribution < 1.29 is 19.1 Å². The largest absolute Gasteiger partial charge is 0.478 e. The summed E-state index contributed by atoms with van der Waals surface area (Å²) in [5.41, 5.74) is 7.85. The maximum Gasteiger partial charge on any atom is 0.325 e. The van der Waals surface area contributed by atoms with Crippen molar-refractivity contribution in [3.8, 4) is 5.75 Å². The third kappa shape index (κ3) is 3.17. The van der Waals surface area contributed by atoms with Crippen molar-refractivity contribution in [3.63, 3.8) is 0 Å². The number of methoxy groups -OCH3 is 1. The van der Waals surface area contributed by atoms with E-state index in [9.17, 15) is 9.59 Å². The van der Waals surface area contributed by atoms with Gasteiger partial charge in [-0.1, -0.05) is 24.3 Å². The summed E-state index contributed by atoms with van der Waals surface area (Å²) in [4.78, 5) is 25.9. The van der Waals surface area contributed by atoms with Gasteiger partial charge in [-0.25, -0.2) is 0 Å². The molecular weight excluding hydrogens is 308 g/mol. The molecule has 0 spiro atoms. The minimum absolute atomic E-state index is 0.145. The van der Waals surface area contributed by atoms with Crippen molar-refractivity contribution in [1.29, 1.82) is 0 Å². The number of nitrogens with two attached hydrogens (primary N) is 1. The first kappa shape index (κ1) is 15.9. The second kappa shape index (κ2) is 6.62. The van der Waals surface area contributed by atoms with Crippen LogP contribution in [0, 0.1) is 0 Å². The number of carbonyl (C=O) groups is 2. The van der Waals surface area contributed by atoms with Crippen molar-refractivity contribution >= 4 is 23.3 Å². The van der Waals surface area contributed by atoms with E-state index in [1.807, 2.05) is 18.2 Å². The zero-order valence-corrected chi connectivity index (χ0v) is 13.3. The number of nitrogens with zero attached hydrogens (tertiary/aromatic N) is 1. The zero-order valence-electron chi connectivity index (χ0n) is 13.3. The number of benzene rings is 2. The monoisotopic (exact) mass is 326 g/mol. The Balaban J connectivity index is 1.88. The lowest BCUT2D eigenvalue weighted by atomic mass is 10.0. The van der Waals surface area contributed by atoms with Crippen LogP contribution in [0.1, 0.15) is 5.56 Å². The van der Waals surface area contributed by atoms with Crippen molar-refractivity contribution in [3.05, 3.63) is 54.1 Å². The molecule has 24 heavy (non-hydrogen) atoms. The van der Waals surface area contributed by atoms with E-state index in [1.165, 1.54) is 12.0 Å². The van der Waals surface area contributed by atoms with E-state index in [-0.39, 0.29) is 12.5 Å². The number of esters is 1. The second-order valence-electron chi connectivity index (χ2n) is 5.52. The average Bonchev–Trinajstić information content (AvgIpc) is 2.60. The molecule has 0 aliphatic carbocycles. The van der Waals surface area contributed by atoms with Gasteiger partial charge in [0.2, 0.25) is 0 Å². The summed E-state index contributed by atoms with van der Waals surface area (Å²) in [5.74, 6) is -0.177. The van der Waals surface area contributed by atoms with Crippen LogP contribution in [0.2, 0.25) is 0 Å². The summed E-state index contributed by atoms with van der Waals surface area (Å²) in [7, 11) is 1.30. The van der Waals surface area contributed by atoms with E-state index in [0.717, 1.165) is 5.56 Å². The molecule has 0 aromatic heterocycles. The molecule has 2 N–H and O–H groups in total. The summed E-state index contributed by atoms with van der Waals surface area (Å²) in [6, 6.07) is 14.4. The number of anilines is 2. The Morgan fingerprint density at radius 2 is 1.92 bits per heavy atom. The Hall–Kier alpha value is -3.02. The van der Waals surface area contributed by atoms with Gasteiger partial charge in [-0.05, 0) is 29.8 Å². The van der Waals surface area contributed by atoms with Gasteiger partial charge in [0.25, 0.3) is 5.91 Å². The molecule has 0 radical (unpaired) electrons. The predicted molar refractivity (Wildman–Crippen MR) is 89.8 cm³/mol. The Morgan fingerprint density at radius 3 is 2.62 bits per heavy atom. The lowest BCUT2D eigenvalue weighted by Crippen LogP contribution is -2.49. The maximum absolute atomic E-state index is 12.8. The van der Waals surface area contributed by atoms with Crippen molar-refractivity contribution in [2.24, 2.45) is 0 Å². The summed E-state index contributed by atoms with van der Waals surface area (Å²) in [6.07, 6.45) is -0.307. The van der Waals surface area contributed by atoms with Crippen molar-refractivity contribution in [2.45, 2.75) is 12.5 Å². The minimum Gasteiger partial charge on any atom is -0.478 e. The third-order valence-corrected chi connectivity index (χ3v) is 3.88. The smallest absolute Gasteiger partial charge is 0.325 e. The molecule has 2 aromatic rings. The molecule has 0 saturated heterocycles. The fourth-order valence-electron chi connectivity index (χ4n) is 2.63. The van der Waals surface area contributed by atoms with Crippen LogP contribution in [0.15, 0.2) is 48.5 Å². The number of ether oxygens (including phenoxy) is 2.